The minimum absolute atomic E-state index is 1.09. The van der Waals surface area contributed by atoms with E-state index in [1.165, 1.54) is 28.9 Å². The number of para-hydroxylation sites is 2. The first-order valence-corrected chi connectivity index (χ1v) is 14.6. The standard InChI is InChI=1S/C22H12N2S6/c1-5-13-19(23-21(27-13)17-9-3-11-25-17)15(7-1)29-30-16-8-2-6-14-20(16)24-22(28-14)18-10-4-12-26-18/h1-12H. The summed E-state index contributed by atoms with van der Waals surface area (Å²) in [6.07, 6.45) is 0. The molecule has 0 aliphatic rings. The van der Waals surface area contributed by atoms with E-state index < -0.39 is 0 Å². The van der Waals surface area contributed by atoms with E-state index in [2.05, 4.69) is 71.4 Å². The Morgan fingerprint density at radius 1 is 0.567 bits per heavy atom. The van der Waals surface area contributed by atoms with Crippen molar-refractivity contribution in [2.24, 2.45) is 0 Å². The van der Waals surface area contributed by atoms with Gasteiger partial charge in [-0.3, -0.25) is 0 Å². The van der Waals surface area contributed by atoms with Crippen LogP contribution in [0.5, 0.6) is 0 Å². The lowest BCUT2D eigenvalue weighted by Gasteiger charge is -2.03. The number of nitrogens with zero attached hydrogens (tertiary/aromatic N) is 2. The molecule has 2 nitrogen and oxygen atoms in total. The molecule has 6 aromatic rings. The molecule has 0 amide bonds. The highest BCUT2D eigenvalue weighted by Gasteiger charge is 2.14. The van der Waals surface area contributed by atoms with Crippen LogP contribution in [-0.2, 0) is 0 Å². The van der Waals surface area contributed by atoms with Gasteiger partial charge in [-0.1, -0.05) is 45.9 Å². The van der Waals surface area contributed by atoms with Gasteiger partial charge >= 0.3 is 0 Å². The fourth-order valence-corrected chi connectivity index (χ4v) is 9.05. The van der Waals surface area contributed by atoms with Crippen LogP contribution in [-0.4, -0.2) is 9.97 Å². The molecule has 0 spiro atoms. The quantitative estimate of drug-likeness (QED) is 0.222. The lowest BCUT2D eigenvalue weighted by atomic mass is 10.3. The summed E-state index contributed by atoms with van der Waals surface area (Å²) in [6.45, 7) is 0. The van der Waals surface area contributed by atoms with Gasteiger partial charge in [0.1, 0.15) is 10.0 Å². The number of thiazole rings is 2. The maximum atomic E-state index is 4.95. The smallest absolute Gasteiger partial charge is 0.134 e. The summed E-state index contributed by atoms with van der Waals surface area (Å²) in [5, 5.41) is 6.40. The SMILES string of the molecule is c1csc(-c2nc3c(SSc4cccc5sc(-c6cccs6)nc45)cccc3s2)c1. The van der Waals surface area contributed by atoms with E-state index >= 15 is 0 Å². The van der Waals surface area contributed by atoms with Crippen LogP contribution in [0.1, 0.15) is 0 Å². The Hall–Kier alpha value is -1.68. The molecular formula is C22H12N2S6. The minimum Gasteiger partial charge on any atom is -0.234 e. The molecule has 0 fully saturated rings. The number of thiophene rings is 2. The number of hydrogen-bond donors (Lipinski definition) is 0. The Kier molecular flexibility index (Phi) is 5.14. The van der Waals surface area contributed by atoms with Crippen molar-refractivity contribution in [3.8, 4) is 19.8 Å². The second-order valence-electron chi connectivity index (χ2n) is 6.37. The van der Waals surface area contributed by atoms with Crippen LogP contribution in [0.2, 0.25) is 0 Å². The normalized spacial score (nSPS) is 11.6. The van der Waals surface area contributed by atoms with Gasteiger partial charge in [0, 0.05) is 9.79 Å². The van der Waals surface area contributed by atoms with Crippen LogP contribution in [0.15, 0.2) is 81.2 Å². The Morgan fingerprint density at radius 3 is 1.50 bits per heavy atom. The van der Waals surface area contributed by atoms with Gasteiger partial charge in [-0.15, -0.1) is 45.3 Å². The molecule has 4 heterocycles. The zero-order valence-corrected chi connectivity index (χ0v) is 20.2. The molecule has 0 saturated heterocycles. The van der Waals surface area contributed by atoms with Crippen molar-refractivity contribution < 1.29 is 0 Å². The average Bonchev–Trinajstić information content (AvgIpc) is 3.55. The van der Waals surface area contributed by atoms with Gasteiger partial charge in [0.15, 0.2) is 0 Å². The zero-order valence-electron chi connectivity index (χ0n) is 15.3. The Balaban J connectivity index is 1.33. The lowest BCUT2D eigenvalue weighted by Crippen LogP contribution is -1.77. The Labute approximate surface area is 197 Å². The van der Waals surface area contributed by atoms with Crippen molar-refractivity contribution >= 4 is 87.4 Å². The molecule has 30 heavy (non-hydrogen) atoms. The highest BCUT2D eigenvalue weighted by molar-refractivity contribution is 8.76. The molecule has 146 valence electrons. The summed E-state index contributed by atoms with van der Waals surface area (Å²) in [5.41, 5.74) is 2.18. The molecule has 2 aromatic carbocycles. The van der Waals surface area contributed by atoms with E-state index in [0.29, 0.717) is 0 Å². The van der Waals surface area contributed by atoms with E-state index in [1.54, 1.807) is 66.9 Å². The van der Waals surface area contributed by atoms with E-state index in [0.717, 1.165) is 21.0 Å². The molecule has 0 atom stereocenters. The predicted octanol–water partition coefficient (Wildman–Crippen LogP) is 9.16. The fourth-order valence-electron chi connectivity index (χ4n) is 3.08. The van der Waals surface area contributed by atoms with Crippen molar-refractivity contribution in [1.29, 1.82) is 0 Å². The van der Waals surface area contributed by atoms with Crippen LogP contribution in [0, 0.1) is 0 Å². The van der Waals surface area contributed by atoms with Crippen molar-refractivity contribution in [3.05, 3.63) is 71.4 Å². The van der Waals surface area contributed by atoms with Crippen molar-refractivity contribution in [1.82, 2.24) is 9.97 Å². The predicted molar refractivity (Wildman–Crippen MR) is 138 cm³/mol. The zero-order chi connectivity index (χ0) is 19.9. The highest BCUT2D eigenvalue weighted by atomic mass is 33.1. The summed E-state index contributed by atoms with van der Waals surface area (Å²) < 4.78 is 2.46. The molecule has 0 bridgehead atoms. The van der Waals surface area contributed by atoms with E-state index in [1.807, 2.05) is 0 Å². The molecule has 0 saturated carbocycles. The second-order valence-corrected chi connectivity index (χ2v) is 12.5. The first-order valence-electron chi connectivity index (χ1n) is 9.06. The number of fused-ring (bicyclic) bond motifs is 2. The maximum absolute atomic E-state index is 4.95. The Bertz CT molecular complexity index is 1330. The largest absolute Gasteiger partial charge is 0.234 e. The average molecular weight is 497 g/mol. The summed E-state index contributed by atoms with van der Waals surface area (Å²) in [7, 11) is 3.53. The maximum Gasteiger partial charge on any atom is 0.134 e. The molecule has 0 N–H and O–H groups in total. The summed E-state index contributed by atoms with van der Waals surface area (Å²) >= 11 is 7.00. The van der Waals surface area contributed by atoms with Gasteiger partial charge in [-0.25, -0.2) is 9.97 Å². The van der Waals surface area contributed by atoms with E-state index in [-0.39, 0.29) is 0 Å². The van der Waals surface area contributed by atoms with Gasteiger partial charge in [-0.2, -0.15) is 0 Å². The first-order chi connectivity index (χ1) is 14.8. The van der Waals surface area contributed by atoms with Gasteiger partial charge in [0.2, 0.25) is 0 Å². The van der Waals surface area contributed by atoms with Gasteiger partial charge in [0.25, 0.3) is 0 Å². The molecule has 0 radical (unpaired) electrons. The third-order valence-electron chi connectivity index (χ3n) is 4.45. The van der Waals surface area contributed by atoms with E-state index in [9.17, 15) is 0 Å². The molecular weight excluding hydrogens is 485 g/mol. The summed E-state index contributed by atoms with van der Waals surface area (Å²) in [6, 6.07) is 21.3. The second kappa shape index (κ2) is 8.11. The summed E-state index contributed by atoms with van der Waals surface area (Å²) in [4.78, 5) is 14.8. The molecule has 0 aliphatic carbocycles. The van der Waals surface area contributed by atoms with Crippen molar-refractivity contribution in [2.75, 3.05) is 0 Å². The third-order valence-corrected chi connectivity index (χ3v) is 11.0. The van der Waals surface area contributed by atoms with E-state index in [4.69, 9.17) is 9.97 Å². The fraction of sp³-hybridized carbons (Fsp3) is 0. The van der Waals surface area contributed by atoms with Gasteiger partial charge < -0.3 is 0 Å². The van der Waals surface area contributed by atoms with Crippen LogP contribution in [0.3, 0.4) is 0 Å². The monoisotopic (exact) mass is 496 g/mol. The van der Waals surface area contributed by atoms with Gasteiger partial charge in [0.05, 0.1) is 30.2 Å². The highest BCUT2D eigenvalue weighted by Crippen LogP contribution is 2.46. The topological polar surface area (TPSA) is 25.8 Å². The van der Waals surface area contributed by atoms with Crippen LogP contribution < -0.4 is 0 Å². The van der Waals surface area contributed by atoms with Gasteiger partial charge in [-0.05, 0) is 47.2 Å². The van der Waals surface area contributed by atoms with Crippen LogP contribution in [0.4, 0.5) is 0 Å². The van der Waals surface area contributed by atoms with Crippen molar-refractivity contribution in [3.63, 3.8) is 0 Å². The molecule has 6 rings (SSSR count). The molecule has 0 unspecified atom stereocenters. The van der Waals surface area contributed by atoms with Crippen molar-refractivity contribution in [2.45, 2.75) is 9.79 Å². The number of aromatic nitrogens is 2. The minimum atomic E-state index is 1.09. The molecule has 8 heteroatoms. The lowest BCUT2D eigenvalue weighted by molar-refractivity contribution is 1.42. The molecule has 0 aliphatic heterocycles. The third kappa shape index (κ3) is 3.51. The first kappa shape index (κ1) is 19.0. The molecule has 4 aromatic heterocycles. The Morgan fingerprint density at radius 2 is 1.07 bits per heavy atom. The van der Waals surface area contributed by atoms with Crippen LogP contribution >= 0.6 is 66.9 Å². The summed E-state index contributed by atoms with van der Waals surface area (Å²) in [5.74, 6) is 0. The van der Waals surface area contributed by atoms with Crippen LogP contribution in [0.25, 0.3) is 40.2 Å². The number of benzene rings is 2. The number of hydrogen-bond acceptors (Lipinski definition) is 8. The number of rotatable bonds is 5.